The van der Waals surface area contributed by atoms with Crippen LogP contribution < -0.4 is 16.0 Å². The molecule has 0 radical (unpaired) electrons. The van der Waals surface area contributed by atoms with E-state index in [0.29, 0.717) is 30.4 Å². The molecular formula is C22H29ClN6O3. The van der Waals surface area contributed by atoms with Crippen LogP contribution in [0.15, 0.2) is 18.2 Å². The third kappa shape index (κ3) is 5.15. The van der Waals surface area contributed by atoms with E-state index in [4.69, 9.17) is 21.4 Å². The summed E-state index contributed by atoms with van der Waals surface area (Å²) in [6, 6.07) is 5.22. The number of aromatic nitrogens is 3. The van der Waals surface area contributed by atoms with Crippen LogP contribution in [-0.2, 0) is 10.3 Å². The Kier molecular flexibility index (Phi) is 6.28. The average Bonchev–Trinajstić information content (AvgIpc) is 3.33. The minimum absolute atomic E-state index is 0.132. The highest BCUT2D eigenvalue weighted by Crippen LogP contribution is 2.38. The first kappa shape index (κ1) is 22.4. The van der Waals surface area contributed by atoms with Crippen molar-refractivity contribution < 1.29 is 14.3 Å². The molecule has 0 saturated heterocycles. The second kappa shape index (κ2) is 8.97. The molecule has 3 heterocycles. The smallest absolute Gasteiger partial charge is 0.407 e. The van der Waals surface area contributed by atoms with Crippen LogP contribution in [0.3, 0.4) is 0 Å². The molecule has 2 atom stereocenters. The third-order valence-electron chi connectivity index (χ3n) is 5.63. The Morgan fingerprint density at radius 1 is 1.12 bits per heavy atom. The lowest BCUT2D eigenvalue weighted by atomic mass is 10.0. The number of anilines is 2. The number of nitrogens with zero attached hydrogens (tertiary/aromatic N) is 3. The molecule has 172 valence electrons. The number of carbonyl (C=O) groups excluding carboxylic acids is 2. The van der Waals surface area contributed by atoms with E-state index >= 15 is 0 Å². The van der Waals surface area contributed by atoms with E-state index in [1.54, 1.807) is 6.07 Å². The van der Waals surface area contributed by atoms with E-state index < -0.39 is 6.09 Å². The second-order valence-corrected chi connectivity index (χ2v) is 9.73. The van der Waals surface area contributed by atoms with Gasteiger partial charge in [-0.15, -0.1) is 0 Å². The van der Waals surface area contributed by atoms with Gasteiger partial charge in [0.15, 0.2) is 0 Å². The van der Waals surface area contributed by atoms with E-state index in [1.165, 1.54) is 6.07 Å². The normalized spacial score (nSPS) is 22.1. The van der Waals surface area contributed by atoms with E-state index in [9.17, 15) is 9.59 Å². The average molecular weight is 461 g/mol. The number of hydrogen-bond donors (Lipinski definition) is 3. The Labute approximate surface area is 192 Å². The Bertz CT molecular complexity index is 1020. The molecule has 1 aliphatic heterocycles. The first-order valence-corrected chi connectivity index (χ1v) is 11.3. The van der Waals surface area contributed by atoms with Gasteiger partial charge in [-0.05, 0) is 58.6 Å². The van der Waals surface area contributed by atoms with Crippen molar-refractivity contribution in [2.45, 2.75) is 64.0 Å². The second-order valence-electron chi connectivity index (χ2n) is 9.29. The molecule has 1 fully saturated rings. The van der Waals surface area contributed by atoms with Crippen molar-refractivity contribution in [2.75, 3.05) is 18.4 Å². The molecule has 32 heavy (non-hydrogen) atoms. The molecule has 10 heteroatoms. The maximum atomic E-state index is 12.5. The van der Waals surface area contributed by atoms with Gasteiger partial charge in [-0.25, -0.2) is 14.5 Å². The zero-order valence-corrected chi connectivity index (χ0v) is 19.3. The zero-order chi connectivity index (χ0) is 22.9. The van der Waals surface area contributed by atoms with Crippen LogP contribution in [0, 0.1) is 0 Å². The van der Waals surface area contributed by atoms with Gasteiger partial charge < -0.3 is 20.7 Å². The lowest BCUT2D eigenvalue weighted by Crippen LogP contribution is -2.32. The molecule has 0 spiro atoms. The van der Waals surface area contributed by atoms with E-state index in [0.717, 1.165) is 30.8 Å². The van der Waals surface area contributed by atoms with Gasteiger partial charge in [0, 0.05) is 30.1 Å². The van der Waals surface area contributed by atoms with Gasteiger partial charge in [-0.1, -0.05) is 11.6 Å². The summed E-state index contributed by atoms with van der Waals surface area (Å²) in [4.78, 5) is 29.1. The molecular weight excluding hydrogens is 432 g/mol. The molecule has 1 aliphatic carbocycles. The summed E-state index contributed by atoms with van der Waals surface area (Å²) in [6.07, 6.45) is 2.46. The monoisotopic (exact) mass is 460 g/mol. The van der Waals surface area contributed by atoms with E-state index in [-0.39, 0.29) is 29.2 Å². The number of carbonyl (C=O) groups is 2. The van der Waals surface area contributed by atoms with Gasteiger partial charge >= 0.3 is 6.09 Å². The van der Waals surface area contributed by atoms with Crippen molar-refractivity contribution in [3.8, 4) is 0 Å². The van der Waals surface area contributed by atoms with Crippen molar-refractivity contribution in [1.82, 2.24) is 25.4 Å². The van der Waals surface area contributed by atoms with Crippen molar-refractivity contribution in [3.05, 3.63) is 34.6 Å². The van der Waals surface area contributed by atoms with Crippen molar-refractivity contribution >= 4 is 35.2 Å². The van der Waals surface area contributed by atoms with Crippen LogP contribution in [-0.4, -0.2) is 46.0 Å². The molecule has 2 aromatic heterocycles. The topological polar surface area (TPSA) is 110 Å². The number of fused-ring (bicyclic) bond motifs is 7. The number of halogens is 1. The standard InChI is InChI=1S/C22H29ClN6O3/c1-22(2,3)29-19-12-16(28-29)13-5-6-15(9-13)32-21(31)25-8-4-7-24-20(30)17-10-14(23)11-18(26-17)27-19/h10-13,15H,4-9H2,1-3H3,(H,24,30)(H,25,31)(H,26,27)/t13-,15+/m0/s1. The Hall–Kier alpha value is -2.81. The molecule has 6 bridgehead atoms. The number of ether oxygens (including phenoxy) is 1. The molecule has 2 aromatic rings. The highest BCUT2D eigenvalue weighted by molar-refractivity contribution is 6.31. The quantitative estimate of drug-likeness (QED) is 0.549. The Morgan fingerprint density at radius 2 is 1.91 bits per heavy atom. The van der Waals surface area contributed by atoms with E-state index in [1.807, 2.05) is 10.7 Å². The number of amides is 2. The lowest BCUT2D eigenvalue weighted by Gasteiger charge is -2.22. The summed E-state index contributed by atoms with van der Waals surface area (Å²) < 4.78 is 7.50. The molecule has 2 aliphatic rings. The number of hydrogen-bond acceptors (Lipinski definition) is 6. The van der Waals surface area contributed by atoms with Crippen molar-refractivity contribution in [2.24, 2.45) is 0 Å². The molecule has 2 amide bonds. The fourth-order valence-corrected chi connectivity index (χ4v) is 4.29. The van der Waals surface area contributed by atoms with Crippen LogP contribution in [0.5, 0.6) is 0 Å². The highest BCUT2D eigenvalue weighted by atomic mass is 35.5. The van der Waals surface area contributed by atoms with Gasteiger partial charge in [0.2, 0.25) is 0 Å². The van der Waals surface area contributed by atoms with Crippen LogP contribution in [0.2, 0.25) is 5.02 Å². The summed E-state index contributed by atoms with van der Waals surface area (Å²) in [5.74, 6) is 1.10. The Morgan fingerprint density at radius 3 is 2.69 bits per heavy atom. The predicted molar refractivity (Wildman–Crippen MR) is 122 cm³/mol. The number of alkyl carbamates (subject to hydrolysis) is 1. The van der Waals surface area contributed by atoms with Crippen molar-refractivity contribution in [1.29, 1.82) is 0 Å². The summed E-state index contributed by atoms with van der Waals surface area (Å²) in [6.45, 7) is 7.00. The Balaban J connectivity index is 1.70. The minimum Gasteiger partial charge on any atom is -0.446 e. The van der Waals surface area contributed by atoms with Gasteiger partial charge in [0.25, 0.3) is 5.91 Å². The molecule has 0 aromatic carbocycles. The third-order valence-corrected chi connectivity index (χ3v) is 5.85. The molecule has 9 nitrogen and oxygen atoms in total. The SMILES string of the molecule is CC(C)(C)n1nc2cc1Nc1cc(Cl)cc(n1)C(=O)NCCCNC(=O)O[C@@H]1CC[C@H]2C1. The van der Waals surface area contributed by atoms with Gasteiger partial charge in [0.1, 0.15) is 23.4 Å². The number of rotatable bonds is 0. The molecule has 4 rings (SSSR count). The maximum absolute atomic E-state index is 12.5. The van der Waals surface area contributed by atoms with Crippen LogP contribution in [0.1, 0.15) is 68.6 Å². The molecule has 0 unspecified atom stereocenters. The van der Waals surface area contributed by atoms with Gasteiger partial charge in [0.05, 0.1) is 11.2 Å². The predicted octanol–water partition coefficient (Wildman–Crippen LogP) is 3.93. The highest BCUT2D eigenvalue weighted by Gasteiger charge is 2.32. The minimum atomic E-state index is -0.424. The van der Waals surface area contributed by atoms with Crippen LogP contribution >= 0.6 is 11.6 Å². The first-order chi connectivity index (χ1) is 15.2. The van der Waals surface area contributed by atoms with Gasteiger partial charge in [-0.3, -0.25) is 4.79 Å². The molecule has 1 saturated carbocycles. The van der Waals surface area contributed by atoms with Crippen LogP contribution in [0.25, 0.3) is 0 Å². The number of pyridine rings is 1. The fraction of sp³-hybridized carbons (Fsp3) is 0.545. The maximum Gasteiger partial charge on any atom is 0.407 e. The first-order valence-electron chi connectivity index (χ1n) is 11.0. The lowest BCUT2D eigenvalue weighted by molar-refractivity contribution is 0.0948. The van der Waals surface area contributed by atoms with E-state index in [2.05, 4.69) is 41.7 Å². The summed E-state index contributed by atoms with van der Waals surface area (Å²) in [5, 5.41) is 14.1. The largest absolute Gasteiger partial charge is 0.446 e. The summed E-state index contributed by atoms with van der Waals surface area (Å²) in [5.41, 5.74) is 0.871. The fourth-order valence-electron chi connectivity index (χ4n) is 4.09. The number of nitrogens with one attached hydrogen (secondary N) is 3. The summed E-state index contributed by atoms with van der Waals surface area (Å²) in [7, 11) is 0. The van der Waals surface area contributed by atoms with Gasteiger partial charge in [-0.2, -0.15) is 5.10 Å². The molecule has 3 N–H and O–H groups in total. The summed E-state index contributed by atoms with van der Waals surface area (Å²) >= 11 is 6.28. The van der Waals surface area contributed by atoms with Crippen molar-refractivity contribution in [3.63, 3.8) is 0 Å². The zero-order valence-electron chi connectivity index (χ0n) is 18.6. The van der Waals surface area contributed by atoms with Crippen LogP contribution in [0.4, 0.5) is 16.4 Å².